The van der Waals surface area contributed by atoms with Crippen molar-refractivity contribution < 1.29 is 13.2 Å². The lowest BCUT2D eigenvalue weighted by Gasteiger charge is -2.19. The summed E-state index contributed by atoms with van der Waals surface area (Å²) in [5, 5.41) is 4.19. The van der Waals surface area contributed by atoms with Gasteiger partial charge < -0.3 is 5.32 Å². The fourth-order valence-electron chi connectivity index (χ4n) is 3.63. The van der Waals surface area contributed by atoms with Gasteiger partial charge in [-0.15, -0.1) is 0 Å². The van der Waals surface area contributed by atoms with Crippen LogP contribution in [0.1, 0.15) is 37.5 Å². The van der Waals surface area contributed by atoms with Crippen molar-refractivity contribution in [3.05, 3.63) is 95.6 Å². The van der Waals surface area contributed by atoms with E-state index in [4.69, 9.17) is 0 Å². The van der Waals surface area contributed by atoms with Crippen molar-refractivity contribution in [2.45, 2.75) is 38.9 Å². The Morgan fingerprint density at radius 3 is 2.16 bits per heavy atom. The summed E-state index contributed by atoms with van der Waals surface area (Å²) in [5.74, 6) is 0. The van der Waals surface area contributed by atoms with Crippen LogP contribution in [-0.2, 0) is 18.1 Å². The Kier molecular flexibility index (Phi) is 5.68. The molecule has 0 saturated carbocycles. The average Bonchev–Trinajstić information content (AvgIpc) is 2.76. The largest absolute Gasteiger partial charge is 0.416 e. The number of benzene rings is 3. The van der Waals surface area contributed by atoms with Gasteiger partial charge in [-0.3, -0.25) is 0 Å². The molecule has 3 aromatic carbocycles. The molecule has 0 saturated heterocycles. The number of fused-ring (bicyclic) bond motifs is 1. The first-order chi connectivity index (χ1) is 15.1. The number of nitrogens with one attached hydrogen (secondary N) is 1. The molecule has 0 atom stereocenters. The van der Waals surface area contributed by atoms with Gasteiger partial charge >= 0.3 is 6.18 Å². The lowest BCUT2D eigenvalue weighted by atomic mass is 9.87. The molecule has 4 rings (SSSR count). The number of halogens is 3. The predicted octanol–water partition coefficient (Wildman–Crippen LogP) is 7.83. The van der Waals surface area contributed by atoms with E-state index in [0.717, 1.165) is 28.6 Å². The molecule has 5 heteroatoms. The van der Waals surface area contributed by atoms with E-state index in [-0.39, 0.29) is 5.41 Å². The molecule has 1 N–H and O–H groups in total. The lowest BCUT2D eigenvalue weighted by Crippen LogP contribution is -2.11. The Morgan fingerprint density at radius 2 is 1.47 bits per heavy atom. The number of anilines is 1. The molecule has 32 heavy (non-hydrogen) atoms. The molecule has 0 aliphatic rings. The summed E-state index contributed by atoms with van der Waals surface area (Å²) in [5.41, 5.74) is 4.03. The molecule has 0 unspecified atom stereocenters. The lowest BCUT2D eigenvalue weighted by molar-refractivity contribution is -0.137. The van der Waals surface area contributed by atoms with Gasteiger partial charge in [-0.05, 0) is 40.8 Å². The maximum absolute atomic E-state index is 13.4. The van der Waals surface area contributed by atoms with Crippen molar-refractivity contribution in [1.29, 1.82) is 0 Å². The Labute approximate surface area is 186 Å². The minimum atomic E-state index is -4.42. The highest BCUT2D eigenvalue weighted by Crippen LogP contribution is 2.36. The number of para-hydroxylation sites is 1. The van der Waals surface area contributed by atoms with E-state index in [1.54, 1.807) is 0 Å². The van der Waals surface area contributed by atoms with Crippen LogP contribution in [0.5, 0.6) is 0 Å². The number of rotatable bonds is 4. The van der Waals surface area contributed by atoms with Crippen molar-refractivity contribution >= 4 is 16.6 Å². The third-order valence-corrected chi connectivity index (χ3v) is 5.52. The van der Waals surface area contributed by atoms with Crippen LogP contribution in [0.4, 0.5) is 18.9 Å². The van der Waals surface area contributed by atoms with Crippen molar-refractivity contribution in [2.24, 2.45) is 0 Å². The standard InChI is InChI=1S/C27H25F3N2/c1-26(2,3)20-11-8-18(9-12-20)17-31-25-16-21(27(28,29)30)13-14-22(25)24-15-10-19-6-4-5-7-23(19)32-24/h4-16,31H,17H2,1-3H3. The van der Waals surface area contributed by atoms with Crippen LogP contribution in [0.3, 0.4) is 0 Å². The maximum atomic E-state index is 13.4. The molecule has 164 valence electrons. The number of alkyl halides is 3. The second-order valence-corrected chi connectivity index (χ2v) is 8.95. The molecule has 0 bridgehead atoms. The molecule has 2 nitrogen and oxygen atoms in total. The zero-order chi connectivity index (χ0) is 22.9. The summed E-state index contributed by atoms with van der Waals surface area (Å²) in [7, 11) is 0. The minimum Gasteiger partial charge on any atom is -0.380 e. The molecule has 4 aromatic rings. The molecule has 0 spiro atoms. The van der Waals surface area contributed by atoms with Gasteiger partial charge in [0.05, 0.1) is 16.8 Å². The highest BCUT2D eigenvalue weighted by atomic mass is 19.4. The molecule has 0 aliphatic heterocycles. The Bertz CT molecular complexity index is 1240. The van der Waals surface area contributed by atoms with Gasteiger partial charge in [0.1, 0.15) is 0 Å². The van der Waals surface area contributed by atoms with E-state index < -0.39 is 11.7 Å². The minimum absolute atomic E-state index is 0.0436. The van der Waals surface area contributed by atoms with Crippen LogP contribution >= 0.6 is 0 Å². The van der Waals surface area contributed by atoms with Gasteiger partial charge in [-0.2, -0.15) is 13.2 Å². The zero-order valence-corrected chi connectivity index (χ0v) is 18.3. The smallest absolute Gasteiger partial charge is 0.380 e. The number of nitrogens with zero attached hydrogens (tertiary/aromatic N) is 1. The summed E-state index contributed by atoms with van der Waals surface area (Å²) >= 11 is 0. The van der Waals surface area contributed by atoms with Crippen molar-refractivity contribution in [3.63, 3.8) is 0 Å². The van der Waals surface area contributed by atoms with Crippen LogP contribution in [-0.4, -0.2) is 4.98 Å². The van der Waals surface area contributed by atoms with E-state index in [9.17, 15) is 13.2 Å². The highest BCUT2D eigenvalue weighted by molar-refractivity contribution is 5.84. The van der Waals surface area contributed by atoms with Crippen LogP contribution in [0.15, 0.2) is 78.9 Å². The van der Waals surface area contributed by atoms with Crippen LogP contribution in [0.25, 0.3) is 22.2 Å². The molecular formula is C27H25F3N2. The third-order valence-electron chi connectivity index (χ3n) is 5.52. The van der Waals surface area contributed by atoms with Gasteiger partial charge in [0.25, 0.3) is 0 Å². The summed E-state index contributed by atoms with van der Waals surface area (Å²) in [6.45, 7) is 6.84. The predicted molar refractivity (Wildman–Crippen MR) is 125 cm³/mol. The summed E-state index contributed by atoms with van der Waals surface area (Å²) in [6, 6.07) is 23.4. The molecule has 0 aliphatic carbocycles. The van der Waals surface area contributed by atoms with Crippen molar-refractivity contribution in [1.82, 2.24) is 4.98 Å². The Hall–Kier alpha value is -3.34. The first-order valence-corrected chi connectivity index (χ1v) is 10.5. The summed E-state index contributed by atoms with van der Waals surface area (Å²) in [6.07, 6.45) is -4.42. The topological polar surface area (TPSA) is 24.9 Å². The van der Waals surface area contributed by atoms with Crippen molar-refractivity contribution in [2.75, 3.05) is 5.32 Å². The average molecular weight is 435 g/mol. The highest BCUT2D eigenvalue weighted by Gasteiger charge is 2.31. The van der Waals surface area contributed by atoms with Crippen LogP contribution in [0, 0.1) is 0 Å². The molecule has 1 heterocycles. The second kappa shape index (κ2) is 8.30. The van der Waals surface area contributed by atoms with Crippen LogP contribution < -0.4 is 5.32 Å². The monoisotopic (exact) mass is 434 g/mol. The number of aromatic nitrogens is 1. The maximum Gasteiger partial charge on any atom is 0.416 e. The first kappa shape index (κ1) is 21.9. The number of hydrogen-bond acceptors (Lipinski definition) is 2. The number of pyridine rings is 1. The van der Waals surface area contributed by atoms with Gasteiger partial charge in [0.2, 0.25) is 0 Å². The van der Waals surface area contributed by atoms with E-state index in [2.05, 4.69) is 43.2 Å². The van der Waals surface area contributed by atoms with Crippen LogP contribution in [0.2, 0.25) is 0 Å². The number of hydrogen-bond donors (Lipinski definition) is 1. The molecule has 0 radical (unpaired) electrons. The molecular weight excluding hydrogens is 409 g/mol. The zero-order valence-electron chi connectivity index (χ0n) is 18.3. The molecule has 1 aromatic heterocycles. The van der Waals surface area contributed by atoms with E-state index in [1.165, 1.54) is 11.6 Å². The van der Waals surface area contributed by atoms with Crippen molar-refractivity contribution in [3.8, 4) is 11.3 Å². The second-order valence-electron chi connectivity index (χ2n) is 8.95. The summed E-state index contributed by atoms with van der Waals surface area (Å²) in [4.78, 5) is 4.67. The Morgan fingerprint density at radius 1 is 0.781 bits per heavy atom. The van der Waals surface area contributed by atoms with E-state index in [0.29, 0.717) is 23.5 Å². The van der Waals surface area contributed by atoms with E-state index >= 15 is 0 Å². The van der Waals surface area contributed by atoms with E-state index in [1.807, 2.05) is 48.5 Å². The molecule has 0 amide bonds. The Balaban J connectivity index is 1.68. The van der Waals surface area contributed by atoms with Gasteiger partial charge in [-0.25, -0.2) is 4.98 Å². The van der Waals surface area contributed by atoms with Gasteiger partial charge in [0, 0.05) is 23.2 Å². The fraction of sp³-hybridized carbons (Fsp3) is 0.222. The normalized spacial score (nSPS) is 12.2. The fourth-order valence-corrected chi connectivity index (χ4v) is 3.63. The quantitative estimate of drug-likeness (QED) is 0.354. The first-order valence-electron chi connectivity index (χ1n) is 10.5. The van der Waals surface area contributed by atoms with Gasteiger partial charge in [-0.1, -0.05) is 75.4 Å². The molecule has 0 fully saturated rings. The third kappa shape index (κ3) is 4.77. The summed E-state index contributed by atoms with van der Waals surface area (Å²) < 4.78 is 40.2. The van der Waals surface area contributed by atoms with Gasteiger partial charge in [0.15, 0.2) is 0 Å². The SMILES string of the molecule is CC(C)(C)c1ccc(CNc2cc(C(F)(F)F)ccc2-c2ccc3ccccc3n2)cc1.